The van der Waals surface area contributed by atoms with Gasteiger partial charge >= 0.3 is 0 Å². The monoisotopic (exact) mass is 390 g/mol. The minimum Gasteiger partial charge on any atom is -0.315 e. The molecule has 0 radical (unpaired) electrons. The van der Waals surface area contributed by atoms with Gasteiger partial charge in [0.05, 0.1) is 33.7 Å². The summed E-state index contributed by atoms with van der Waals surface area (Å²) in [5, 5.41) is 0.960. The number of nitrogens with zero attached hydrogens (tertiary/aromatic N) is 2. The first-order valence-electron chi connectivity index (χ1n) is 8.04. The molecule has 0 fully saturated rings. The van der Waals surface area contributed by atoms with Gasteiger partial charge in [-0.1, -0.05) is 47.5 Å². The summed E-state index contributed by atoms with van der Waals surface area (Å²) in [5.41, 5.74) is 4.10. The molecule has 1 aliphatic heterocycles. The van der Waals surface area contributed by atoms with E-state index in [9.17, 15) is 8.78 Å². The van der Waals surface area contributed by atoms with Crippen LogP contribution in [0.5, 0.6) is 0 Å². The van der Waals surface area contributed by atoms with Gasteiger partial charge in [0, 0.05) is 29.8 Å². The Labute approximate surface area is 159 Å². The number of fused-ring (bicyclic) bond motifs is 3. The van der Waals surface area contributed by atoms with E-state index < -0.39 is 5.92 Å². The first-order chi connectivity index (χ1) is 12.4. The van der Waals surface area contributed by atoms with Crippen molar-refractivity contribution in [3.63, 3.8) is 0 Å². The van der Waals surface area contributed by atoms with Crippen LogP contribution in [0.2, 0.25) is 10.0 Å². The Morgan fingerprint density at radius 2 is 1.77 bits per heavy atom. The van der Waals surface area contributed by atoms with Gasteiger partial charge in [-0.2, -0.15) is 0 Å². The van der Waals surface area contributed by atoms with Crippen LogP contribution in [0.3, 0.4) is 0 Å². The molecular formula is C20H14Cl2F2N2. The quantitative estimate of drug-likeness (QED) is 0.492. The molecule has 2 nitrogen and oxygen atoms in total. The van der Waals surface area contributed by atoms with Gasteiger partial charge in [0.2, 0.25) is 0 Å². The number of halogens is 4. The zero-order chi connectivity index (χ0) is 18.5. The lowest BCUT2D eigenvalue weighted by Crippen LogP contribution is -2.10. The van der Waals surface area contributed by atoms with Crippen LogP contribution in [0.25, 0.3) is 5.69 Å². The van der Waals surface area contributed by atoms with Crippen LogP contribution in [0.4, 0.5) is 8.78 Å². The third-order valence-electron chi connectivity index (χ3n) is 4.48. The molecule has 0 spiro atoms. The third-order valence-corrected chi connectivity index (χ3v) is 5.33. The molecule has 1 aromatic heterocycles. The fourth-order valence-corrected chi connectivity index (χ4v) is 3.54. The summed E-state index contributed by atoms with van der Waals surface area (Å²) in [4.78, 5) is 4.71. The van der Waals surface area contributed by atoms with Crippen molar-refractivity contribution in [3.05, 3.63) is 87.2 Å². The Kier molecular flexibility index (Phi) is 4.13. The van der Waals surface area contributed by atoms with Crippen molar-refractivity contribution >= 4 is 28.9 Å². The van der Waals surface area contributed by atoms with E-state index in [0.717, 1.165) is 35.1 Å². The number of hydrogen-bond donors (Lipinski definition) is 0. The zero-order valence-electron chi connectivity index (χ0n) is 13.8. The van der Waals surface area contributed by atoms with E-state index in [1.165, 1.54) is 12.1 Å². The molecule has 132 valence electrons. The maximum Gasteiger partial charge on any atom is 0.270 e. The van der Waals surface area contributed by atoms with E-state index in [1.807, 2.05) is 29.0 Å². The van der Waals surface area contributed by atoms with E-state index >= 15 is 0 Å². The van der Waals surface area contributed by atoms with E-state index in [4.69, 9.17) is 28.2 Å². The van der Waals surface area contributed by atoms with Gasteiger partial charge in [-0.15, -0.1) is 0 Å². The maximum atomic E-state index is 13.5. The molecule has 0 bridgehead atoms. The van der Waals surface area contributed by atoms with Gasteiger partial charge in [0.25, 0.3) is 5.92 Å². The third kappa shape index (κ3) is 2.83. The van der Waals surface area contributed by atoms with E-state index in [0.29, 0.717) is 16.6 Å². The van der Waals surface area contributed by atoms with Crippen molar-refractivity contribution in [2.75, 3.05) is 0 Å². The maximum absolute atomic E-state index is 13.5. The molecule has 0 aliphatic carbocycles. The van der Waals surface area contributed by atoms with E-state index in [1.54, 1.807) is 18.2 Å². The molecule has 6 heteroatoms. The summed E-state index contributed by atoms with van der Waals surface area (Å²) in [6.45, 7) is 1.25. The van der Waals surface area contributed by atoms with Gasteiger partial charge in [-0.05, 0) is 24.3 Å². The highest BCUT2D eigenvalue weighted by Crippen LogP contribution is 2.34. The molecule has 26 heavy (non-hydrogen) atoms. The summed E-state index contributed by atoms with van der Waals surface area (Å²) >= 11 is 12.5. The fourth-order valence-electron chi connectivity index (χ4n) is 3.14. The number of rotatable bonds is 2. The molecule has 4 rings (SSSR count). The minimum absolute atomic E-state index is 0.0241. The average molecular weight is 391 g/mol. The van der Waals surface area contributed by atoms with Crippen LogP contribution in [-0.4, -0.2) is 10.3 Å². The van der Waals surface area contributed by atoms with Gasteiger partial charge in [-0.25, -0.2) is 8.78 Å². The summed E-state index contributed by atoms with van der Waals surface area (Å²) in [6, 6.07) is 13.7. The van der Waals surface area contributed by atoms with Crippen molar-refractivity contribution < 1.29 is 8.78 Å². The molecule has 0 atom stereocenters. The van der Waals surface area contributed by atoms with E-state index in [2.05, 4.69) is 0 Å². The SMILES string of the molecule is CC(F)(F)c1ccc(C2=NCc3c(ccc(Cl)c3Cl)-n3cccc32)cc1. The zero-order valence-corrected chi connectivity index (χ0v) is 15.3. The fraction of sp³-hybridized carbons (Fsp3) is 0.150. The number of alkyl halides is 2. The first kappa shape index (κ1) is 17.3. The standard InChI is InChI=1S/C20H14Cl2F2N2/c1-20(23,24)13-6-4-12(5-7-13)19-17-3-2-10-26(17)16-9-8-15(21)18(22)14(16)11-25-19/h2-10H,11H2,1H3. The molecule has 0 amide bonds. The highest BCUT2D eigenvalue weighted by atomic mass is 35.5. The summed E-state index contributed by atoms with van der Waals surface area (Å²) in [7, 11) is 0. The molecule has 1 aliphatic rings. The molecule has 0 saturated heterocycles. The second-order valence-corrected chi connectivity index (χ2v) is 7.04. The average Bonchev–Trinajstić information content (AvgIpc) is 3.02. The van der Waals surface area contributed by atoms with Gasteiger partial charge in [-0.3, -0.25) is 4.99 Å². The molecular weight excluding hydrogens is 377 g/mol. The van der Waals surface area contributed by atoms with Crippen LogP contribution in [0.15, 0.2) is 59.7 Å². The number of hydrogen-bond acceptors (Lipinski definition) is 1. The Morgan fingerprint density at radius 1 is 1.04 bits per heavy atom. The lowest BCUT2D eigenvalue weighted by molar-refractivity contribution is 0.0175. The van der Waals surface area contributed by atoms with Crippen LogP contribution >= 0.6 is 23.2 Å². The molecule has 2 heterocycles. The van der Waals surface area contributed by atoms with Crippen molar-refractivity contribution in [1.82, 2.24) is 4.57 Å². The number of aliphatic imine (C=N–C) groups is 1. The summed E-state index contributed by atoms with van der Waals surface area (Å²) in [5.74, 6) is -2.87. The minimum atomic E-state index is -2.87. The molecule has 3 aromatic rings. The first-order valence-corrected chi connectivity index (χ1v) is 8.80. The predicted octanol–water partition coefficient (Wildman–Crippen LogP) is 6.25. The summed E-state index contributed by atoms with van der Waals surface area (Å²) < 4.78 is 29.0. The molecule has 2 aromatic carbocycles. The summed E-state index contributed by atoms with van der Waals surface area (Å²) in [6.07, 6.45) is 1.92. The Hall–Kier alpha value is -2.17. The van der Waals surface area contributed by atoms with Crippen LogP contribution in [0.1, 0.15) is 29.3 Å². The highest BCUT2D eigenvalue weighted by Gasteiger charge is 2.25. The lowest BCUT2D eigenvalue weighted by atomic mass is 10.0. The van der Waals surface area contributed by atoms with Crippen LogP contribution < -0.4 is 0 Å². The van der Waals surface area contributed by atoms with Crippen molar-refractivity contribution in [1.29, 1.82) is 0 Å². The van der Waals surface area contributed by atoms with Gasteiger partial charge in [0.1, 0.15) is 0 Å². The Morgan fingerprint density at radius 3 is 2.46 bits per heavy atom. The van der Waals surface area contributed by atoms with E-state index in [-0.39, 0.29) is 5.56 Å². The molecule has 0 N–H and O–H groups in total. The molecule has 0 saturated carbocycles. The molecule has 0 unspecified atom stereocenters. The van der Waals surface area contributed by atoms with Crippen molar-refractivity contribution in [3.8, 4) is 5.69 Å². The van der Waals surface area contributed by atoms with Crippen LogP contribution in [-0.2, 0) is 12.5 Å². The van der Waals surface area contributed by atoms with Crippen molar-refractivity contribution in [2.24, 2.45) is 4.99 Å². The number of aromatic nitrogens is 1. The number of benzene rings is 2. The normalized spacial score (nSPS) is 13.7. The Bertz CT molecular complexity index is 1020. The highest BCUT2D eigenvalue weighted by molar-refractivity contribution is 6.42. The Balaban J connectivity index is 1.85. The largest absolute Gasteiger partial charge is 0.315 e. The predicted molar refractivity (Wildman–Crippen MR) is 101 cm³/mol. The van der Waals surface area contributed by atoms with Crippen molar-refractivity contribution in [2.45, 2.75) is 19.4 Å². The van der Waals surface area contributed by atoms with Gasteiger partial charge in [0.15, 0.2) is 0 Å². The second-order valence-electron chi connectivity index (χ2n) is 6.25. The van der Waals surface area contributed by atoms with Gasteiger partial charge < -0.3 is 4.57 Å². The topological polar surface area (TPSA) is 17.3 Å². The van der Waals surface area contributed by atoms with Crippen LogP contribution in [0, 0.1) is 0 Å². The lowest BCUT2D eigenvalue weighted by Gasteiger charge is -2.13. The second kappa shape index (κ2) is 6.22. The smallest absolute Gasteiger partial charge is 0.270 e.